The Kier molecular flexibility index (Phi) is 7.44. The molecule has 31 heavy (non-hydrogen) atoms. The lowest BCUT2D eigenvalue weighted by Crippen LogP contribution is -2.50. The van der Waals surface area contributed by atoms with Gasteiger partial charge in [0.1, 0.15) is 17.9 Å². The number of nitriles is 1. The van der Waals surface area contributed by atoms with Crippen LogP contribution >= 0.6 is 0 Å². The number of aromatic nitrogens is 3. The molecule has 9 heteroatoms. The molecule has 0 saturated carbocycles. The fourth-order valence-corrected chi connectivity index (χ4v) is 2.87. The van der Waals surface area contributed by atoms with Crippen LogP contribution in [0.4, 0.5) is 4.39 Å². The number of nitrogens with two attached hydrogens (primary N) is 1. The minimum absolute atomic E-state index is 0. The van der Waals surface area contributed by atoms with E-state index in [9.17, 15) is 14.4 Å². The number of hydrogen-bond donors (Lipinski definition) is 2. The second-order valence-electron chi connectivity index (χ2n) is 7.61. The van der Waals surface area contributed by atoms with Crippen LogP contribution < -0.4 is 11.1 Å². The smallest absolute Gasteiger partial charge is 0.240 e. The first-order valence-electron chi connectivity index (χ1n) is 9.37. The van der Waals surface area contributed by atoms with E-state index in [1.54, 1.807) is 55.6 Å². The van der Waals surface area contributed by atoms with Crippen LogP contribution in [0.3, 0.4) is 0 Å². The topological polar surface area (TPSA) is 118 Å². The molecule has 8 nitrogen and oxygen atoms in total. The Hall–Kier alpha value is -3.35. The summed E-state index contributed by atoms with van der Waals surface area (Å²) in [6, 6.07) is 9.44. The molecule has 164 valence electrons. The van der Waals surface area contributed by atoms with Crippen molar-refractivity contribution < 1.29 is 13.9 Å². The second kappa shape index (κ2) is 9.64. The summed E-state index contributed by atoms with van der Waals surface area (Å²) in [7, 11) is 0. The minimum atomic E-state index is -1.13. The van der Waals surface area contributed by atoms with Crippen LogP contribution in [0.5, 0.6) is 0 Å². The van der Waals surface area contributed by atoms with Gasteiger partial charge in [-0.2, -0.15) is 5.26 Å². The molecule has 0 aliphatic rings. The van der Waals surface area contributed by atoms with Gasteiger partial charge in [-0.05, 0) is 44.5 Å². The largest absolute Gasteiger partial charge is 0.374 e. The molecular formula is C22H27FN6O2. The van der Waals surface area contributed by atoms with Crippen LogP contribution in [0.25, 0.3) is 5.65 Å². The third-order valence-electron chi connectivity index (χ3n) is 4.64. The number of halogens is 1. The number of ether oxygens (including phenoxy) is 1. The molecule has 3 N–H and O–H groups in total. The third kappa shape index (κ3) is 5.42. The van der Waals surface area contributed by atoms with Gasteiger partial charge in [0.2, 0.25) is 5.91 Å². The first-order chi connectivity index (χ1) is 14.2. The second-order valence-corrected chi connectivity index (χ2v) is 7.61. The quantitative estimate of drug-likeness (QED) is 0.600. The van der Waals surface area contributed by atoms with E-state index < -0.39 is 17.5 Å². The summed E-state index contributed by atoms with van der Waals surface area (Å²) in [5.74, 6) is -0.387. The standard InChI is InChI=1S/C21H23FN6O2.CH4/c1-13-5-4-6-16(22)15(13)11-30-12-17(25-20(29)21(2,3)24)19-27-26-18-8-7-14(9-23)10-28(18)19;/h4-8,10,17H,11-12,24H2,1-3H3,(H,25,29);1H4/t17-;/m1./s1. The summed E-state index contributed by atoms with van der Waals surface area (Å²) in [6.45, 7) is 5.00. The Labute approximate surface area is 180 Å². The zero-order valence-electron chi connectivity index (χ0n) is 17.0. The SMILES string of the molecule is C.Cc1cccc(F)c1COC[C@@H](NC(=O)C(C)(C)N)c1nnc2ccc(C#N)cn12. The lowest BCUT2D eigenvalue weighted by Gasteiger charge is -2.23. The fourth-order valence-electron chi connectivity index (χ4n) is 2.87. The average Bonchev–Trinajstić information content (AvgIpc) is 3.11. The molecule has 0 aliphatic heterocycles. The summed E-state index contributed by atoms with van der Waals surface area (Å²) >= 11 is 0. The molecule has 1 atom stereocenters. The maximum absolute atomic E-state index is 14.1. The number of amides is 1. The lowest BCUT2D eigenvalue weighted by molar-refractivity contribution is -0.126. The Bertz CT molecular complexity index is 1090. The van der Waals surface area contributed by atoms with Crippen molar-refractivity contribution in [3.05, 3.63) is 64.9 Å². The average molecular weight is 426 g/mol. The Balaban J connectivity index is 0.00000341. The van der Waals surface area contributed by atoms with Crippen molar-refractivity contribution in [2.24, 2.45) is 5.73 Å². The van der Waals surface area contributed by atoms with Gasteiger partial charge in [-0.1, -0.05) is 19.6 Å². The highest BCUT2D eigenvalue weighted by Crippen LogP contribution is 2.18. The molecule has 0 unspecified atom stereocenters. The van der Waals surface area contributed by atoms with E-state index in [1.165, 1.54) is 6.07 Å². The number of carbonyl (C=O) groups is 1. The molecule has 0 fully saturated rings. The van der Waals surface area contributed by atoms with Gasteiger partial charge in [-0.15, -0.1) is 10.2 Å². The van der Waals surface area contributed by atoms with Gasteiger partial charge >= 0.3 is 0 Å². The fraction of sp³-hybridized carbons (Fsp3) is 0.364. The zero-order valence-corrected chi connectivity index (χ0v) is 17.0. The number of carbonyl (C=O) groups excluding carboxylic acids is 1. The molecule has 0 bridgehead atoms. The number of nitrogens with zero attached hydrogens (tertiary/aromatic N) is 4. The maximum atomic E-state index is 14.1. The minimum Gasteiger partial charge on any atom is -0.374 e. The number of fused-ring (bicyclic) bond motifs is 1. The van der Waals surface area contributed by atoms with Gasteiger partial charge < -0.3 is 15.8 Å². The molecule has 0 aliphatic carbocycles. The Morgan fingerprint density at radius 1 is 1.35 bits per heavy atom. The summed E-state index contributed by atoms with van der Waals surface area (Å²) in [5.41, 5.74) is 6.92. The van der Waals surface area contributed by atoms with E-state index in [0.717, 1.165) is 5.56 Å². The van der Waals surface area contributed by atoms with Crippen molar-refractivity contribution in [1.82, 2.24) is 19.9 Å². The monoisotopic (exact) mass is 426 g/mol. The van der Waals surface area contributed by atoms with Crippen LogP contribution in [0.15, 0.2) is 36.5 Å². The molecular weight excluding hydrogens is 399 g/mol. The van der Waals surface area contributed by atoms with E-state index in [4.69, 9.17) is 10.5 Å². The van der Waals surface area contributed by atoms with Crippen molar-refractivity contribution in [3.63, 3.8) is 0 Å². The molecule has 0 spiro atoms. The molecule has 0 saturated heterocycles. The molecule has 3 rings (SSSR count). The molecule has 2 aromatic heterocycles. The highest BCUT2D eigenvalue weighted by molar-refractivity contribution is 5.85. The van der Waals surface area contributed by atoms with E-state index in [2.05, 4.69) is 21.6 Å². The number of aryl methyl sites for hydroxylation is 1. The summed E-state index contributed by atoms with van der Waals surface area (Å²) < 4.78 is 21.4. The van der Waals surface area contributed by atoms with Crippen molar-refractivity contribution in [2.75, 3.05) is 6.61 Å². The molecule has 0 radical (unpaired) electrons. The predicted molar refractivity (Wildman–Crippen MR) is 114 cm³/mol. The van der Waals surface area contributed by atoms with Gasteiger partial charge in [0, 0.05) is 11.8 Å². The first kappa shape index (κ1) is 23.9. The summed E-state index contributed by atoms with van der Waals surface area (Å²) in [5, 5.41) is 20.2. The van der Waals surface area contributed by atoms with Gasteiger partial charge in [0.25, 0.3) is 0 Å². The normalized spacial score (nSPS) is 12.1. The predicted octanol–water partition coefficient (Wildman–Crippen LogP) is 2.80. The number of rotatable bonds is 7. The zero-order chi connectivity index (χ0) is 21.9. The summed E-state index contributed by atoms with van der Waals surface area (Å²) in [4.78, 5) is 12.5. The van der Waals surface area contributed by atoms with Crippen molar-refractivity contribution in [1.29, 1.82) is 5.26 Å². The third-order valence-corrected chi connectivity index (χ3v) is 4.64. The van der Waals surface area contributed by atoms with E-state index >= 15 is 0 Å². The van der Waals surface area contributed by atoms with Crippen LogP contribution in [-0.4, -0.2) is 32.7 Å². The molecule has 1 aromatic carbocycles. The highest BCUT2D eigenvalue weighted by atomic mass is 19.1. The van der Waals surface area contributed by atoms with Crippen LogP contribution in [0.2, 0.25) is 0 Å². The highest BCUT2D eigenvalue weighted by Gasteiger charge is 2.28. The lowest BCUT2D eigenvalue weighted by atomic mass is 10.1. The van der Waals surface area contributed by atoms with Gasteiger partial charge in [0.15, 0.2) is 11.5 Å². The summed E-state index contributed by atoms with van der Waals surface area (Å²) in [6.07, 6.45) is 1.58. The number of nitrogens with one attached hydrogen (secondary N) is 1. The van der Waals surface area contributed by atoms with Gasteiger partial charge in [-0.3, -0.25) is 9.20 Å². The Morgan fingerprint density at radius 3 is 2.74 bits per heavy atom. The maximum Gasteiger partial charge on any atom is 0.240 e. The Morgan fingerprint density at radius 2 is 2.10 bits per heavy atom. The van der Waals surface area contributed by atoms with Crippen LogP contribution in [0, 0.1) is 24.1 Å². The first-order valence-corrected chi connectivity index (χ1v) is 9.37. The van der Waals surface area contributed by atoms with Crippen molar-refractivity contribution in [2.45, 2.75) is 46.4 Å². The van der Waals surface area contributed by atoms with Crippen LogP contribution in [-0.2, 0) is 16.1 Å². The number of pyridine rings is 1. The molecule has 2 heterocycles. The van der Waals surface area contributed by atoms with Crippen molar-refractivity contribution in [3.8, 4) is 6.07 Å². The van der Waals surface area contributed by atoms with Crippen molar-refractivity contribution >= 4 is 11.6 Å². The number of benzene rings is 1. The van der Waals surface area contributed by atoms with Crippen LogP contribution in [0.1, 0.15) is 49.8 Å². The van der Waals surface area contributed by atoms with E-state index in [-0.39, 0.29) is 26.5 Å². The van der Waals surface area contributed by atoms with E-state index in [0.29, 0.717) is 22.6 Å². The van der Waals surface area contributed by atoms with Gasteiger partial charge in [-0.25, -0.2) is 4.39 Å². The molecule has 3 aromatic rings. The van der Waals surface area contributed by atoms with E-state index in [1.807, 2.05) is 0 Å². The number of hydrogen-bond acceptors (Lipinski definition) is 6. The van der Waals surface area contributed by atoms with Gasteiger partial charge in [0.05, 0.1) is 24.3 Å². The molecule has 1 amide bonds.